The number of aliphatic hydroxyl groups excluding tert-OH is 1. The molecular weight excluding hydrogens is 264 g/mol. The molecule has 2 atom stereocenters. The van der Waals surface area contributed by atoms with E-state index in [9.17, 15) is 13.5 Å². The van der Waals surface area contributed by atoms with E-state index in [-0.39, 0.29) is 16.9 Å². The predicted octanol–water partition coefficient (Wildman–Crippen LogP) is 0.998. The van der Waals surface area contributed by atoms with Crippen molar-refractivity contribution >= 4 is 10.0 Å². The van der Waals surface area contributed by atoms with Crippen molar-refractivity contribution in [2.45, 2.75) is 30.3 Å². The molecule has 1 saturated carbocycles. The van der Waals surface area contributed by atoms with E-state index in [0.717, 1.165) is 12.8 Å². The van der Waals surface area contributed by atoms with Crippen LogP contribution in [0.15, 0.2) is 29.2 Å². The van der Waals surface area contributed by atoms with Crippen molar-refractivity contribution < 1.29 is 13.5 Å². The first-order valence-electron chi connectivity index (χ1n) is 6.19. The third-order valence-electron chi connectivity index (χ3n) is 3.37. The van der Waals surface area contributed by atoms with Crippen LogP contribution in [-0.4, -0.2) is 26.2 Å². The highest BCUT2D eigenvalue weighted by Gasteiger charge is 2.24. The zero-order valence-electron chi connectivity index (χ0n) is 10.4. The van der Waals surface area contributed by atoms with E-state index >= 15 is 0 Å². The molecule has 102 valence electrons. The summed E-state index contributed by atoms with van der Waals surface area (Å²) in [6.07, 6.45) is 1.93. The molecule has 1 aromatic rings. The van der Waals surface area contributed by atoms with E-state index in [0.29, 0.717) is 18.5 Å². The van der Waals surface area contributed by atoms with Crippen LogP contribution >= 0.6 is 0 Å². The summed E-state index contributed by atoms with van der Waals surface area (Å²) in [6, 6.07) is 7.75. The summed E-state index contributed by atoms with van der Waals surface area (Å²) >= 11 is 0. The highest BCUT2D eigenvalue weighted by Crippen LogP contribution is 2.25. The van der Waals surface area contributed by atoms with Crippen molar-refractivity contribution in [2.75, 3.05) is 6.54 Å². The van der Waals surface area contributed by atoms with E-state index in [1.165, 1.54) is 24.3 Å². The monoisotopic (exact) mass is 280 g/mol. The van der Waals surface area contributed by atoms with E-state index in [2.05, 4.69) is 4.72 Å². The van der Waals surface area contributed by atoms with Gasteiger partial charge in [-0.2, -0.15) is 5.26 Å². The lowest BCUT2D eigenvalue weighted by Gasteiger charge is -2.11. The zero-order valence-corrected chi connectivity index (χ0v) is 11.2. The number of nitriles is 1. The minimum absolute atomic E-state index is 0.157. The van der Waals surface area contributed by atoms with Crippen LogP contribution in [0.25, 0.3) is 0 Å². The quantitative estimate of drug-likeness (QED) is 0.860. The average molecular weight is 280 g/mol. The van der Waals surface area contributed by atoms with Gasteiger partial charge in [-0.05, 0) is 49.4 Å². The zero-order chi connectivity index (χ0) is 13.9. The highest BCUT2D eigenvalue weighted by atomic mass is 32.2. The molecule has 2 N–H and O–H groups in total. The Balaban J connectivity index is 1.99. The van der Waals surface area contributed by atoms with Crippen LogP contribution in [0.1, 0.15) is 24.8 Å². The van der Waals surface area contributed by atoms with Gasteiger partial charge in [-0.1, -0.05) is 0 Å². The third-order valence-corrected chi connectivity index (χ3v) is 4.81. The van der Waals surface area contributed by atoms with Gasteiger partial charge in [0.1, 0.15) is 0 Å². The topological polar surface area (TPSA) is 90.2 Å². The van der Waals surface area contributed by atoms with Crippen molar-refractivity contribution in [3.8, 4) is 6.07 Å². The molecule has 1 aliphatic rings. The maximum absolute atomic E-state index is 12.0. The van der Waals surface area contributed by atoms with Crippen LogP contribution in [0.4, 0.5) is 0 Å². The van der Waals surface area contributed by atoms with Gasteiger partial charge in [0.25, 0.3) is 0 Å². The Kier molecular flexibility index (Phi) is 4.20. The smallest absolute Gasteiger partial charge is 0.240 e. The third kappa shape index (κ3) is 3.53. The Morgan fingerprint density at radius 3 is 2.53 bits per heavy atom. The first-order chi connectivity index (χ1) is 9.01. The van der Waals surface area contributed by atoms with E-state index in [1.54, 1.807) is 0 Å². The summed E-state index contributed by atoms with van der Waals surface area (Å²) in [5.41, 5.74) is 0.429. The lowest BCUT2D eigenvalue weighted by molar-refractivity contribution is 0.178. The van der Waals surface area contributed by atoms with E-state index in [1.807, 2.05) is 6.07 Å². The molecule has 0 saturated heterocycles. The molecule has 0 bridgehead atoms. The van der Waals surface area contributed by atoms with Gasteiger partial charge in [-0.15, -0.1) is 0 Å². The van der Waals surface area contributed by atoms with Gasteiger partial charge in [0.2, 0.25) is 10.0 Å². The second kappa shape index (κ2) is 5.70. The van der Waals surface area contributed by atoms with Crippen molar-refractivity contribution in [3.05, 3.63) is 29.8 Å². The van der Waals surface area contributed by atoms with Crippen molar-refractivity contribution in [3.63, 3.8) is 0 Å². The molecule has 0 amide bonds. The number of sulfonamides is 1. The van der Waals surface area contributed by atoms with Crippen LogP contribution in [0.2, 0.25) is 0 Å². The van der Waals surface area contributed by atoms with Crippen LogP contribution < -0.4 is 4.72 Å². The Morgan fingerprint density at radius 1 is 1.32 bits per heavy atom. The molecule has 0 aromatic heterocycles. The number of hydrogen-bond acceptors (Lipinski definition) is 4. The molecule has 0 spiro atoms. The van der Waals surface area contributed by atoms with Gasteiger partial charge < -0.3 is 5.11 Å². The van der Waals surface area contributed by atoms with Crippen LogP contribution in [0.3, 0.4) is 0 Å². The van der Waals surface area contributed by atoms with Gasteiger partial charge in [0.15, 0.2) is 0 Å². The second-order valence-corrected chi connectivity index (χ2v) is 6.59. The van der Waals surface area contributed by atoms with Gasteiger partial charge >= 0.3 is 0 Å². The van der Waals surface area contributed by atoms with E-state index in [4.69, 9.17) is 5.26 Å². The summed E-state index contributed by atoms with van der Waals surface area (Å²) in [4.78, 5) is 0.157. The highest BCUT2D eigenvalue weighted by molar-refractivity contribution is 7.89. The molecule has 1 aromatic carbocycles. The summed E-state index contributed by atoms with van der Waals surface area (Å²) in [6.45, 7) is 0.347. The lowest BCUT2D eigenvalue weighted by Crippen LogP contribution is -2.28. The number of benzene rings is 1. The number of hydrogen-bond donors (Lipinski definition) is 2. The minimum Gasteiger partial charge on any atom is -0.393 e. The fourth-order valence-corrected chi connectivity index (χ4v) is 3.37. The Morgan fingerprint density at radius 2 is 2.00 bits per heavy atom. The molecule has 5 nitrogen and oxygen atoms in total. The molecule has 0 heterocycles. The first-order valence-corrected chi connectivity index (χ1v) is 7.67. The molecule has 0 aliphatic heterocycles. The number of nitrogens with one attached hydrogen (secondary N) is 1. The molecule has 1 fully saturated rings. The fourth-order valence-electron chi connectivity index (χ4n) is 2.25. The molecule has 0 radical (unpaired) electrons. The summed E-state index contributed by atoms with van der Waals surface area (Å²) in [5, 5.41) is 18.1. The largest absolute Gasteiger partial charge is 0.393 e. The minimum atomic E-state index is -3.53. The average Bonchev–Trinajstić information content (AvgIpc) is 2.82. The van der Waals surface area contributed by atoms with Crippen LogP contribution in [0, 0.1) is 17.2 Å². The summed E-state index contributed by atoms with van der Waals surface area (Å²) in [7, 11) is -3.53. The summed E-state index contributed by atoms with van der Waals surface area (Å²) < 4.78 is 26.6. The number of rotatable bonds is 4. The van der Waals surface area contributed by atoms with Crippen molar-refractivity contribution in [1.29, 1.82) is 5.26 Å². The van der Waals surface area contributed by atoms with Gasteiger partial charge in [0.05, 0.1) is 22.6 Å². The fraction of sp³-hybridized carbons (Fsp3) is 0.462. The van der Waals surface area contributed by atoms with E-state index < -0.39 is 10.0 Å². The van der Waals surface area contributed by atoms with Gasteiger partial charge in [-0.3, -0.25) is 0 Å². The van der Waals surface area contributed by atoms with Crippen molar-refractivity contribution in [2.24, 2.45) is 5.92 Å². The SMILES string of the molecule is N#Cc1ccc(S(=O)(=O)NCC2CCC(O)C2)cc1. The van der Waals surface area contributed by atoms with Crippen LogP contribution in [-0.2, 0) is 10.0 Å². The lowest BCUT2D eigenvalue weighted by atomic mass is 10.1. The molecule has 2 unspecified atom stereocenters. The Hall–Kier alpha value is -1.42. The number of aliphatic hydroxyl groups is 1. The predicted molar refractivity (Wildman–Crippen MR) is 69.7 cm³/mol. The Labute approximate surface area is 112 Å². The van der Waals surface area contributed by atoms with Crippen molar-refractivity contribution in [1.82, 2.24) is 4.72 Å². The molecular formula is C13H16N2O3S. The normalized spacial score (nSPS) is 23.2. The molecule has 19 heavy (non-hydrogen) atoms. The standard InChI is InChI=1S/C13H16N2O3S/c14-8-10-2-5-13(6-3-10)19(17,18)15-9-11-1-4-12(16)7-11/h2-3,5-6,11-12,15-16H,1,4,7,9H2. The molecule has 6 heteroatoms. The second-order valence-electron chi connectivity index (χ2n) is 4.82. The molecule has 1 aliphatic carbocycles. The Bertz CT molecular complexity index is 575. The maximum Gasteiger partial charge on any atom is 0.240 e. The first kappa shape index (κ1) is 14.0. The van der Waals surface area contributed by atoms with Gasteiger partial charge in [0, 0.05) is 6.54 Å². The summed E-state index contributed by atoms with van der Waals surface area (Å²) in [5.74, 6) is 0.197. The molecule has 2 rings (SSSR count). The number of nitrogens with zero attached hydrogens (tertiary/aromatic N) is 1. The maximum atomic E-state index is 12.0. The van der Waals surface area contributed by atoms with Gasteiger partial charge in [-0.25, -0.2) is 13.1 Å². The van der Waals surface area contributed by atoms with Crippen LogP contribution in [0.5, 0.6) is 0 Å².